The Kier molecular flexibility index (Phi) is 4.94. The van der Waals surface area contributed by atoms with E-state index >= 15 is 0 Å². The van der Waals surface area contributed by atoms with Crippen LogP contribution in [0.4, 0.5) is 4.39 Å². The van der Waals surface area contributed by atoms with E-state index < -0.39 is 0 Å². The van der Waals surface area contributed by atoms with Crippen LogP contribution in [-0.4, -0.2) is 17.4 Å². The van der Waals surface area contributed by atoms with Crippen LogP contribution in [-0.2, 0) is 4.79 Å². The summed E-state index contributed by atoms with van der Waals surface area (Å²) in [5.41, 5.74) is 3.03. The van der Waals surface area contributed by atoms with Crippen LogP contribution in [0.15, 0.2) is 54.7 Å². The van der Waals surface area contributed by atoms with Crippen LogP contribution < -0.4 is 5.32 Å². The molecule has 0 aliphatic rings. The van der Waals surface area contributed by atoms with Gasteiger partial charge in [0, 0.05) is 36.0 Å². The molecule has 0 fully saturated rings. The summed E-state index contributed by atoms with van der Waals surface area (Å²) in [4.78, 5) is 15.5. The molecule has 124 valence electrons. The smallest absolute Gasteiger partial charge is 0.220 e. The third-order valence-corrected chi connectivity index (χ3v) is 4.23. The lowest BCUT2D eigenvalue weighted by Crippen LogP contribution is -2.26. The second kappa shape index (κ2) is 7.30. The normalized spacial score (nSPS) is 12.2. The van der Waals surface area contributed by atoms with Gasteiger partial charge in [0.15, 0.2) is 0 Å². The molecule has 24 heavy (non-hydrogen) atoms. The van der Waals surface area contributed by atoms with Crippen molar-refractivity contribution in [2.45, 2.75) is 25.7 Å². The second-order valence-corrected chi connectivity index (χ2v) is 5.95. The number of H-pyrrole nitrogens is 1. The Morgan fingerprint density at radius 2 is 1.92 bits per heavy atom. The van der Waals surface area contributed by atoms with Crippen LogP contribution in [0.2, 0.25) is 0 Å². The molecule has 0 aliphatic heterocycles. The number of para-hydroxylation sites is 1. The predicted octanol–water partition coefficient (Wildman–Crippen LogP) is 4.36. The van der Waals surface area contributed by atoms with E-state index in [-0.39, 0.29) is 17.6 Å². The first-order valence-electron chi connectivity index (χ1n) is 8.27. The lowest BCUT2D eigenvalue weighted by molar-refractivity contribution is -0.121. The second-order valence-electron chi connectivity index (χ2n) is 5.95. The molecule has 3 aromatic rings. The standard InChI is InChI=1S/C20H21FN2O/c1-2-11-22-20(24)12-17(14-7-9-15(21)10-8-14)18-13-23-19-6-4-3-5-16(18)19/h3-10,13,17,23H,2,11-12H2,1H3,(H,22,24). The van der Waals surface area contributed by atoms with Crippen LogP contribution >= 0.6 is 0 Å². The summed E-state index contributed by atoms with van der Waals surface area (Å²) in [5, 5.41) is 4.02. The number of carbonyl (C=O) groups excluding carboxylic acids is 1. The molecule has 0 bridgehead atoms. The maximum Gasteiger partial charge on any atom is 0.220 e. The van der Waals surface area contributed by atoms with Gasteiger partial charge >= 0.3 is 0 Å². The van der Waals surface area contributed by atoms with Crippen molar-refractivity contribution in [2.75, 3.05) is 6.54 Å². The first-order chi connectivity index (χ1) is 11.7. The molecule has 1 amide bonds. The number of aromatic amines is 1. The lowest BCUT2D eigenvalue weighted by Gasteiger charge is -2.17. The van der Waals surface area contributed by atoms with Gasteiger partial charge in [0.25, 0.3) is 0 Å². The quantitative estimate of drug-likeness (QED) is 0.695. The van der Waals surface area contributed by atoms with Crippen molar-refractivity contribution in [3.8, 4) is 0 Å². The number of amides is 1. The minimum Gasteiger partial charge on any atom is -0.361 e. The zero-order valence-electron chi connectivity index (χ0n) is 13.7. The molecule has 3 nitrogen and oxygen atoms in total. The highest BCUT2D eigenvalue weighted by atomic mass is 19.1. The summed E-state index contributed by atoms with van der Waals surface area (Å²) in [5.74, 6) is -0.373. The molecule has 0 saturated heterocycles. The Hall–Kier alpha value is -2.62. The van der Waals surface area contributed by atoms with E-state index in [1.165, 1.54) is 12.1 Å². The van der Waals surface area contributed by atoms with Gasteiger partial charge in [-0.25, -0.2) is 4.39 Å². The Morgan fingerprint density at radius 3 is 2.67 bits per heavy atom. The van der Waals surface area contributed by atoms with E-state index in [4.69, 9.17) is 0 Å². The lowest BCUT2D eigenvalue weighted by atomic mass is 9.88. The van der Waals surface area contributed by atoms with Gasteiger partial charge in [-0.05, 0) is 35.7 Å². The van der Waals surface area contributed by atoms with Gasteiger partial charge in [0.2, 0.25) is 5.91 Å². The van der Waals surface area contributed by atoms with Crippen LogP contribution in [0.1, 0.15) is 36.8 Å². The summed E-state index contributed by atoms with van der Waals surface area (Å²) >= 11 is 0. The van der Waals surface area contributed by atoms with Crippen molar-refractivity contribution in [1.82, 2.24) is 10.3 Å². The summed E-state index contributed by atoms with van der Waals surface area (Å²) in [7, 11) is 0. The number of hydrogen-bond acceptors (Lipinski definition) is 1. The molecule has 0 saturated carbocycles. The highest BCUT2D eigenvalue weighted by molar-refractivity contribution is 5.86. The number of fused-ring (bicyclic) bond motifs is 1. The Labute approximate surface area is 140 Å². The van der Waals surface area contributed by atoms with Gasteiger partial charge in [-0.2, -0.15) is 0 Å². The minimum absolute atomic E-state index is 0.0106. The summed E-state index contributed by atoms with van der Waals surface area (Å²) in [6.45, 7) is 2.69. The molecule has 1 atom stereocenters. The van der Waals surface area contributed by atoms with E-state index in [0.717, 1.165) is 28.5 Å². The van der Waals surface area contributed by atoms with Crippen molar-refractivity contribution >= 4 is 16.8 Å². The van der Waals surface area contributed by atoms with Crippen molar-refractivity contribution in [3.05, 3.63) is 71.7 Å². The zero-order valence-corrected chi connectivity index (χ0v) is 13.7. The monoisotopic (exact) mass is 324 g/mol. The number of hydrogen-bond donors (Lipinski definition) is 2. The first-order valence-corrected chi connectivity index (χ1v) is 8.27. The van der Waals surface area contributed by atoms with E-state index in [1.807, 2.05) is 37.4 Å². The summed E-state index contributed by atoms with van der Waals surface area (Å²) in [6, 6.07) is 14.4. The molecule has 1 unspecified atom stereocenters. The molecule has 3 rings (SSSR count). The van der Waals surface area contributed by atoms with E-state index in [9.17, 15) is 9.18 Å². The van der Waals surface area contributed by atoms with E-state index in [0.29, 0.717) is 13.0 Å². The first kappa shape index (κ1) is 16.2. The third-order valence-electron chi connectivity index (χ3n) is 4.23. The minimum atomic E-state index is -0.271. The number of rotatable bonds is 6. The molecule has 1 heterocycles. The van der Waals surface area contributed by atoms with Gasteiger partial charge in [-0.1, -0.05) is 37.3 Å². The van der Waals surface area contributed by atoms with Gasteiger partial charge in [0.05, 0.1) is 0 Å². The van der Waals surface area contributed by atoms with Crippen molar-refractivity contribution in [1.29, 1.82) is 0 Å². The average Bonchev–Trinajstić information content (AvgIpc) is 3.03. The summed E-state index contributed by atoms with van der Waals surface area (Å²) < 4.78 is 13.3. The molecule has 0 spiro atoms. The van der Waals surface area contributed by atoms with E-state index in [2.05, 4.69) is 10.3 Å². The molecule has 1 aromatic heterocycles. The van der Waals surface area contributed by atoms with Crippen LogP contribution in [0.25, 0.3) is 10.9 Å². The van der Waals surface area contributed by atoms with Gasteiger partial charge in [-0.15, -0.1) is 0 Å². The number of nitrogens with one attached hydrogen (secondary N) is 2. The molecule has 0 aliphatic carbocycles. The van der Waals surface area contributed by atoms with E-state index in [1.54, 1.807) is 12.1 Å². The van der Waals surface area contributed by atoms with Crippen LogP contribution in [0, 0.1) is 5.82 Å². The topological polar surface area (TPSA) is 44.9 Å². The zero-order chi connectivity index (χ0) is 16.9. The van der Waals surface area contributed by atoms with Crippen molar-refractivity contribution < 1.29 is 9.18 Å². The Balaban J connectivity index is 1.98. The molecule has 0 radical (unpaired) electrons. The number of halogens is 1. The molecular weight excluding hydrogens is 303 g/mol. The van der Waals surface area contributed by atoms with Crippen LogP contribution in [0.3, 0.4) is 0 Å². The third kappa shape index (κ3) is 3.48. The van der Waals surface area contributed by atoms with Crippen molar-refractivity contribution in [3.63, 3.8) is 0 Å². The summed E-state index contributed by atoms with van der Waals surface area (Å²) in [6.07, 6.45) is 3.19. The van der Waals surface area contributed by atoms with Crippen molar-refractivity contribution in [2.24, 2.45) is 0 Å². The van der Waals surface area contributed by atoms with Gasteiger partial charge in [-0.3, -0.25) is 4.79 Å². The highest BCUT2D eigenvalue weighted by Gasteiger charge is 2.21. The maximum atomic E-state index is 13.3. The largest absolute Gasteiger partial charge is 0.361 e. The fourth-order valence-corrected chi connectivity index (χ4v) is 3.01. The molecule has 2 aromatic carbocycles. The van der Waals surface area contributed by atoms with Crippen LogP contribution in [0.5, 0.6) is 0 Å². The van der Waals surface area contributed by atoms with Gasteiger partial charge < -0.3 is 10.3 Å². The number of aromatic nitrogens is 1. The number of carbonyl (C=O) groups is 1. The Morgan fingerprint density at radius 1 is 1.17 bits per heavy atom. The maximum absolute atomic E-state index is 13.3. The average molecular weight is 324 g/mol. The highest BCUT2D eigenvalue weighted by Crippen LogP contribution is 2.33. The molecular formula is C20H21FN2O. The predicted molar refractivity (Wildman–Crippen MR) is 94.5 cm³/mol. The fraction of sp³-hybridized carbons (Fsp3) is 0.250. The SMILES string of the molecule is CCCNC(=O)CC(c1ccc(F)cc1)c1c[nH]c2ccccc12. The molecule has 4 heteroatoms. The fourth-order valence-electron chi connectivity index (χ4n) is 3.01. The van der Waals surface area contributed by atoms with Gasteiger partial charge in [0.1, 0.15) is 5.82 Å². The Bertz CT molecular complexity index is 823. The number of benzene rings is 2. The molecule has 2 N–H and O–H groups in total.